The van der Waals surface area contributed by atoms with Crippen LogP contribution in [0, 0.1) is 19.8 Å². The van der Waals surface area contributed by atoms with E-state index in [9.17, 15) is 9.59 Å². The second-order valence-electron chi connectivity index (χ2n) is 6.67. The summed E-state index contributed by atoms with van der Waals surface area (Å²) in [5, 5.41) is 2.91. The van der Waals surface area contributed by atoms with Gasteiger partial charge in [0.25, 0.3) is 5.56 Å². The van der Waals surface area contributed by atoms with E-state index in [1.165, 1.54) is 19.3 Å². The predicted octanol–water partition coefficient (Wildman–Crippen LogP) is 3.10. The molecule has 1 atom stereocenters. The highest BCUT2D eigenvalue weighted by molar-refractivity contribution is 5.74. The first-order valence-electron chi connectivity index (χ1n) is 8.73. The van der Waals surface area contributed by atoms with E-state index in [0.717, 1.165) is 43.1 Å². The van der Waals surface area contributed by atoms with Gasteiger partial charge in [-0.1, -0.05) is 19.8 Å². The number of likely N-dealkylation sites (tertiary alicyclic amines) is 1. The van der Waals surface area contributed by atoms with Crippen LogP contribution in [0.15, 0.2) is 10.9 Å². The molecule has 2 rings (SSSR count). The Morgan fingerprint density at radius 2 is 2.13 bits per heavy atom. The lowest BCUT2D eigenvalue weighted by Crippen LogP contribution is -2.41. The topological polar surface area (TPSA) is 65.2 Å². The lowest BCUT2D eigenvalue weighted by molar-refractivity contribution is 0.198. The number of aromatic nitrogens is 1. The third kappa shape index (κ3) is 4.85. The van der Waals surface area contributed by atoms with E-state index in [4.69, 9.17) is 0 Å². The number of hydrogen-bond donors (Lipinski definition) is 2. The summed E-state index contributed by atoms with van der Waals surface area (Å²) in [7, 11) is 0. The molecule has 2 amide bonds. The molecule has 2 heterocycles. The third-order valence-corrected chi connectivity index (χ3v) is 4.74. The van der Waals surface area contributed by atoms with Gasteiger partial charge in [0, 0.05) is 24.3 Å². The number of urea groups is 1. The molecule has 5 heteroatoms. The van der Waals surface area contributed by atoms with Crippen molar-refractivity contribution in [2.75, 3.05) is 13.1 Å². The zero-order valence-corrected chi connectivity index (χ0v) is 14.6. The highest BCUT2D eigenvalue weighted by Crippen LogP contribution is 2.21. The largest absolute Gasteiger partial charge is 0.334 e. The average molecular weight is 319 g/mol. The Kier molecular flexibility index (Phi) is 6.25. The second-order valence-corrected chi connectivity index (χ2v) is 6.67. The number of carbonyl (C=O) groups excluding carboxylic acids is 1. The Bertz CT molecular complexity index is 594. The van der Waals surface area contributed by atoms with Gasteiger partial charge in [-0.2, -0.15) is 0 Å². The summed E-state index contributed by atoms with van der Waals surface area (Å²) >= 11 is 0. The number of rotatable bonds is 4. The van der Waals surface area contributed by atoms with Crippen molar-refractivity contribution in [3.63, 3.8) is 0 Å². The molecule has 5 nitrogen and oxygen atoms in total. The number of aryl methyl sites for hydroxylation is 2. The number of pyridine rings is 1. The van der Waals surface area contributed by atoms with Crippen LogP contribution in [-0.4, -0.2) is 29.0 Å². The van der Waals surface area contributed by atoms with Gasteiger partial charge in [0.15, 0.2) is 0 Å². The van der Waals surface area contributed by atoms with Crippen molar-refractivity contribution in [1.29, 1.82) is 0 Å². The smallest absolute Gasteiger partial charge is 0.317 e. The molecule has 0 unspecified atom stereocenters. The van der Waals surface area contributed by atoms with Crippen LogP contribution in [0.3, 0.4) is 0 Å². The predicted molar refractivity (Wildman–Crippen MR) is 92.6 cm³/mol. The Balaban J connectivity index is 1.91. The Labute approximate surface area is 138 Å². The first-order valence-corrected chi connectivity index (χ1v) is 8.73. The monoisotopic (exact) mass is 319 g/mol. The molecule has 1 aromatic heterocycles. The lowest BCUT2D eigenvalue weighted by atomic mass is 9.96. The van der Waals surface area contributed by atoms with Gasteiger partial charge < -0.3 is 15.2 Å². The van der Waals surface area contributed by atoms with Crippen molar-refractivity contribution in [3.8, 4) is 0 Å². The number of amides is 2. The van der Waals surface area contributed by atoms with Crippen LogP contribution < -0.4 is 10.9 Å². The van der Waals surface area contributed by atoms with Crippen molar-refractivity contribution in [1.82, 2.24) is 15.2 Å². The van der Waals surface area contributed by atoms with Crippen LogP contribution in [0.1, 0.15) is 55.8 Å². The molecule has 1 aromatic rings. The summed E-state index contributed by atoms with van der Waals surface area (Å²) in [4.78, 5) is 29.1. The number of H-pyrrole nitrogens is 1. The van der Waals surface area contributed by atoms with Crippen LogP contribution in [0.25, 0.3) is 0 Å². The molecule has 1 aliphatic heterocycles. The maximum Gasteiger partial charge on any atom is 0.317 e. The fourth-order valence-corrected chi connectivity index (χ4v) is 3.44. The Morgan fingerprint density at radius 3 is 2.83 bits per heavy atom. The van der Waals surface area contributed by atoms with E-state index >= 15 is 0 Å². The van der Waals surface area contributed by atoms with Crippen molar-refractivity contribution >= 4 is 6.03 Å². The Morgan fingerprint density at radius 1 is 1.35 bits per heavy atom. The summed E-state index contributed by atoms with van der Waals surface area (Å²) < 4.78 is 0. The van der Waals surface area contributed by atoms with Crippen LogP contribution in [0.4, 0.5) is 4.79 Å². The summed E-state index contributed by atoms with van der Waals surface area (Å²) in [6.07, 6.45) is 5.85. The van der Waals surface area contributed by atoms with E-state index in [1.807, 2.05) is 24.8 Å². The standard InChI is InChI=1S/C18H29N3O2/c1-4-6-15-7-5-9-21(10-8-15)18(23)19-12-16-13(2)11-14(3)20-17(16)22/h11,15H,4-10,12H2,1-3H3,(H,19,23)(H,20,22)/t15-/m0/s1. The van der Waals surface area contributed by atoms with Gasteiger partial charge in [-0.3, -0.25) is 4.79 Å². The molecule has 2 N–H and O–H groups in total. The molecule has 1 fully saturated rings. The molecule has 1 saturated heterocycles. The first kappa shape index (κ1) is 17.6. The van der Waals surface area contributed by atoms with E-state index in [1.54, 1.807) is 0 Å². The molecule has 128 valence electrons. The maximum atomic E-state index is 12.4. The van der Waals surface area contributed by atoms with Gasteiger partial charge in [0.1, 0.15) is 0 Å². The van der Waals surface area contributed by atoms with Gasteiger partial charge in [0.05, 0.1) is 6.54 Å². The minimum atomic E-state index is -0.110. The molecule has 0 saturated carbocycles. The maximum absolute atomic E-state index is 12.4. The number of aromatic amines is 1. The molecule has 0 aliphatic carbocycles. The fourth-order valence-electron chi connectivity index (χ4n) is 3.44. The Hall–Kier alpha value is -1.78. The van der Waals surface area contributed by atoms with E-state index in [2.05, 4.69) is 17.2 Å². The zero-order valence-electron chi connectivity index (χ0n) is 14.6. The zero-order chi connectivity index (χ0) is 16.8. The summed E-state index contributed by atoms with van der Waals surface area (Å²) in [6, 6.07) is 1.88. The number of nitrogens with zero attached hydrogens (tertiary/aromatic N) is 1. The van der Waals surface area contributed by atoms with Crippen LogP contribution >= 0.6 is 0 Å². The second kappa shape index (κ2) is 8.18. The number of hydrogen-bond acceptors (Lipinski definition) is 2. The van der Waals surface area contributed by atoms with Gasteiger partial charge in [-0.15, -0.1) is 0 Å². The highest BCUT2D eigenvalue weighted by Gasteiger charge is 2.20. The van der Waals surface area contributed by atoms with Crippen LogP contribution in [-0.2, 0) is 6.54 Å². The molecule has 0 bridgehead atoms. The quantitative estimate of drug-likeness (QED) is 0.895. The van der Waals surface area contributed by atoms with E-state index < -0.39 is 0 Å². The minimum Gasteiger partial charge on any atom is -0.334 e. The summed E-state index contributed by atoms with van der Waals surface area (Å²) in [5.74, 6) is 0.750. The van der Waals surface area contributed by atoms with Crippen molar-refractivity contribution in [2.45, 2.75) is 59.4 Å². The molecule has 0 aromatic carbocycles. The van der Waals surface area contributed by atoms with Crippen molar-refractivity contribution in [2.24, 2.45) is 5.92 Å². The summed E-state index contributed by atoms with van der Waals surface area (Å²) in [6.45, 7) is 7.91. The van der Waals surface area contributed by atoms with Gasteiger partial charge >= 0.3 is 6.03 Å². The highest BCUT2D eigenvalue weighted by atomic mass is 16.2. The van der Waals surface area contributed by atoms with Crippen LogP contribution in [0.2, 0.25) is 0 Å². The SMILES string of the molecule is CCC[C@H]1CCCN(C(=O)NCc2c(C)cc(C)[nH]c2=O)CC1. The lowest BCUT2D eigenvalue weighted by Gasteiger charge is -2.21. The fraction of sp³-hybridized carbons (Fsp3) is 0.667. The van der Waals surface area contributed by atoms with E-state index in [0.29, 0.717) is 5.56 Å². The molecular formula is C18H29N3O2. The molecule has 0 radical (unpaired) electrons. The molecule has 0 spiro atoms. The third-order valence-electron chi connectivity index (χ3n) is 4.74. The molecular weight excluding hydrogens is 290 g/mol. The van der Waals surface area contributed by atoms with Gasteiger partial charge in [-0.25, -0.2) is 4.79 Å². The van der Waals surface area contributed by atoms with Gasteiger partial charge in [0.2, 0.25) is 0 Å². The van der Waals surface area contributed by atoms with Crippen molar-refractivity contribution in [3.05, 3.63) is 33.2 Å². The molecule has 23 heavy (non-hydrogen) atoms. The van der Waals surface area contributed by atoms with Crippen LogP contribution in [0.5, 0.6) is 0 Å². The normalized spacial score (nSPS) is 18.6. The number of carbonyl (C=O) groups is 1. The van der Waals surface area contributed by atoms with Crippen molar-refractivity contribution < 1.29 is 4.79 Å². The minimum absolute atomic E-state index is 0.0541. The first-order chi connectivity index (χ1) is 11.0. The molecule has 1 aliphatic rings. The van der Waals surface area contributed by atoms with Gasteiger partial charge in [-0.05, 0) is 50.7 Å². The average Bonchev–Trinajstić information content (AvgIpc) is 2.72. The number of nitrogens with one attached hydrogen (secondary N) is 2. The van der Waals surface area contributed by atoms with E-state index in [-0.39, 0.29) is 18.1 Å². The summed E-state index contributed by atoms with van der Waals surface area (Å²) in [5.41, 5.74) is 2.30.